The van der Waals surface area contributed by atoms with Crippen molar-refractivity contribution in [1.29, 1.82) is 0 Å². The summed E-state index contributed by atoms with van der Waals surface area (Å²) in [6, 6.07) is 9.43. The molecule has 1 heterocycles. The van der Waals surface area contributed by atoms with Gasteiger partial charge < -0.3 is 4.74 Å². The number of carbonyl (C=O) groups is 1. The fraction of sp³-hybridized carbons (Fsp3) is 0.462. The minimum atomic E-state index is -0.229. The van der Waals surface area contributed by atoms with Crippen LogP contribution in [0.3, 0.4) is 0 Å². The Morgan fingerprint density at radius 2 is 2.13 bits per heavy atom. The molecule has 0 spiro atoms. The molecule has 80 valence electrons. The zero-order valence-electron chi connectivity index (χ0n) is 9.03. The van der Waals surface area contributed by atoms with Gasteiger partial charge in [0.1, 0.15) is 0 Å². The number of hydrogen-bond acceptors (Lipinski definition) is 2. The van der Waals surface area contributed by atoms with Gasteiger partial charge in [0.2, 0.25) is 0 Å². The Labute approximate surface area is 90.3 Å². The Balaban J connectivity index is 2.04. The first kappa shape index (κ1) is 10.4. The quantitative estimate of drug-likeness (QED) is 0.708. The van der Waals surface area contributed by atoms with Gasteiger partial charge in [-0.25, -0.2) is 0 Å². The average molecular weight is 204 g/mol. The Kier molecular flexibility index (Phi) is 2.87. The van der Waals surface area contributed by atoms with Crippen LogP contribution in [-0.4, -0.2) is 18.0 Å². The normalized spacial score (nSPS) is 25.4. The molecular weight excluding hydrogens is 188 g/mol. The van der Waals surface area contributed by atoms with Crippen molar-refractivity contribution in [2.45, 2.75) is 31.8 Å². The van der Waals surface area contributed by atoms with E-state index < -0.39 is 0 Å². The molecular formula is C13H16O2. The fourth-order valence-corrected chi connectivity index (χ4v) is 2.04. The van der Waals surface area contributed by atoms with Crippen molar-refractivity contribution in [2.75, 3.05) is 6.61 Å². The smallest absolute Gasteiger partial charge is 0.165 e. The maximum absolute atomic E-state index is 11.9. The Hall–Kier alpha value is -1.15. The first-order valence-corrected chi connectivity index (χ1v) is 5.42. The third-order valence-electron chi connectivity index (χ3n) is 2.93. The summed E-state index contributed by atoms with van der Waals surface area (Å²) in [7, 11) is 0. The average Bonchev–Trinajstić information content (AvgIpc) is 2.66. The highest BCUT2D eigenvalue weighted by Crippen LogP contribution is 2.29. The van der Waals surface area contributed by atoms with E-state index in [1.807, 2.05) is 37.3 Å². The summed E-state index contributed by atoms with van der Waals surface area (Å²) in [4.78, 5) is 11.9. The van der Waals surface area contributed by atoms with E-state index >= 15 is 0 Å². The van der Waals surface area contributed by atoms with Crippen molar-refractivity contribution >= 4 is 5.78 Å². The van der Waals surface area contributed by atoms with Crippen LogP contribution in [0.5, 0.6) is 0 Å². The SMILES string of the molecule is C[C@]1(CC(=O)c2ccccc2)CCCO1. The molecule has 0 bridgehead atoms. The molecule has 1 atom stereocenters. The molecule has 0 aromatic heterocycles. The minimum Gasteiger partial charge on any atom is -0.375 e. The molecule has 1 aromatic rings. The highest BCUT2D eigenvalue weighted by molar-refractivity contribution is 5.96. The predicted molar refractivity (Wildman–Crippen MR) is 59.0 cm³/mol. The zero-order chi connectivity index (χ0) is 10.7. The standard InChI is InChI=1S/C13H16O2/c1-13(8-5-9-15-13)10-12(14)11-6-3-2-4-7-11/h2-4,6-7H,5,8-10H2,1H3/t13-/m1/s1. The summed E-state index contributed by atoms with van der Waals surface area (Å²) >= 11 is 0. The lowest BCUT2D eigenvalue weighted by molar-refractivity contribution is 0.0152. The van der Waals surface area contributed by atoms with Crippen LogP contribution in [0, 0.1) is 0 Å². The number of benzene rings is 1. The van der Waals surface area contributed by atoms with E-state index in [1.165, 1.54) is 0 Å². The first-order chi connectivity index (χ1) is 7.20. The van der Waals surface area contributed by atoms with E-state index in [2.05, 4.69) is 0 Å². The first-order valence-electron chi connectivity index (χ1n) is 5.42. The van der Waals surface area contributed by atoms with E-state index in [1.54, 1.807) is 0 Å². The largest absolute Gasteiger partial charge is 0.375 e. The van der Waals surface area contributed by atoms with Crippen molar-refractivity contribution in [1.82, 2.24) is 0 Å². The summed E-state index contributed by atoms with van der Waals surface area (Å²) in [6.07, 6.45) is 2.56. The third-order valence-corrected chi connectivity index (χ3v) is 2.93. The molecule has 1 aromatic carbocycles. The van der Waals surface area contributed by atoms with E-state index in [0.29, 0.717) is 6.42 Å². The van der Waals surface area contributed by atoms with Crippen LogP contribution >= 0.6 is 0 Å². The van der Waals surface area contributed by atoms with Crippen LogP contribution in [0.1, 0.15) is 36.5 Å². The molecule has 0 radical (unpaired) electrons. The van der Waals surface area contributed by atoms with E-state index in [0.717, 1.165) is 25.0 Å². The zero-order valence-corrected chi connectivity index (χ0v) is 9.03. The van der Waals surface area contributed by atoms with Crippen LogP contribution in [0.2, 0.25) is 0 Å². The summed E-state index contributed by atoms with van der Waals surface area (Å²) in [5.41, 5.74) is 0.557. The van der Waals surface area contributed by atoms with Crippen LogP contribution in [0.15, 0.2) is 30.3 Å². The number of rotatable bonds is 3. The Morgan fingerprint density at radius 3 is 2.73 bits per heavy atom. The van der Waals surface area contributed by atoms with Gasteiger partial charge in [-0.05, 0) is 19.8 Å². The Bertz CT molecular complexity index is 337. The van der Waals surface area contributed by atoms with E-state index in [9.17, 15) is 4.79 Å². The second-order valence-corrected chi connectivity index (χ2v) is 4.37. The van der Waals surface area contributed by atoms with Gasteiger partial charge in [0.15, 0.2) is 5.78 Å². The van der Waals surface area contributed by atoms with Gasteiger partial charge in [-0.15, -0.1) is 0 Å². The van der Waals surface area contributed by atoms with Crippen molar-refractivity contribution in [3.63, 3.8) is 0 Å². The molecule has 2 nitrogen and oxygen atoms in total. The summed E-state index contributed by atoms with van der Waals surface area (Å²) in [5.74, 6) is 0.181. The topological polar surface area (TPSA) is 26.3 Å². The van der Waals surface area contributed by atoms with Gasteiger partial charge >= 0.3 is 0 Å². The number of ketones is 1. The monoisotopic (exact) mass is 204 g/mol. The van der Waals surface area contributed by atoms with Crippen LogP contribution in [0.25, 0.3) is 0 Å². The number of Topliss-reactive ketones (excluding diaryl/α,β-unsaturated/α-hetero) is 1. The van der Waals surface area contributed by atoms with E-state index in [4.69, 9.17) is 4.74 Å². The maximum atomic E-state index is 11.9. The molecule has 1 fully saturated rings. The molecule has 1 aliphatic rings. The van der Waals surface area contributed by atoms with Crippen molar-refractivity contribution in [3.8, 4) is 0 Å². The molecule has 1 saturated heterocycles. The summed E-state index contributed by atoms with van der Waals surface area (Å²) < 4.78 is 5.61. The van der Waals surface area contributed by atoms with Crippen LogP contribution in [-0.2, 0) is 4.74 Å². The predicted octanol–water partition coefficient (Wildman–Crippen LogP) is 2.83. The lowest BCUT2D eigenvalue weighted by Gasteiger charge is -2.21. The molecule has 2 rings (SSSR count). The molecule has 0 saturated carbocycles. The highest BCUT2D eigenvalue weighted by atomic mass is 16.5. The Morgan fingerprint density at radius 1 is 1.40 bits per heavy atom. The molecule has 0 N–H and O–H groups in total. The third kappa shape index (κ3) is 2.45. The number of hydrogen-bond donors (Lipinski definition) is 0. The van der Waals surface area contributed by atoms with Gasteiger partial charge in [0, 0.05) is 18.6 Å². The van der Waals surface area contributed by atoms with Crippen molar-refractivity contribution in [3.05, 3.63) is 35.9 Å². The number of ether oxygens (including phenoxy) is 1. The van der Waals surface area contributed by atoms with Gasteiger partial charge in [0.25, 0.3) is 0 Å². The summed E-state index contributed by atoms with van der Waals surface area (Å²) in [5, 5.41) is 0. The lowest BCUT2D eigenvalue weighted by Crippen LogP contribution is -2.26. The molecule has 0 aliphatic carbocycles. The fourth-order valence-electron chi connectivity index (χ4n) is 2.04. The molecule has 0 amide bonds. The van der Waals surface area contributed by atoms with E-state index in [-0.39, 0.29) is 11.4 Å². The molecule has 2 heteroatoms. The van der Waals surface area contributed by atoms with Gasteiger partial charge in [0.05, 0.1) is 5.60 Å². The molecule has 1 aliphatic heterocycles. The highest BCUT2D eigenvalue weighted by Gasteiger charge is 2.32. The van der Waals surface area contributed by atoms with Crippen LogP contribution < -0.4 is 0 Å². The van der Waals surface area contributed by atoms with Crippen molar-refractivity contribution < 1.29 is 9.53 Å². The second kappa shape index (κ2) is 4.15. The van der Waals surface area contributed by atoms with Crippen molar-refractivity contribution in [2.24, 2.45) is 0 Å². The summed E-state index contributed by atoms with van der Waals surface area (Å²) in [6.45, 7) is 2.82. The molecule has 0 unspecified atom stereocenters. The van der Waals surface area contributed by atoms with Gasteiger partial charge in [-0.1, -0.05) is 30.3 Å². The second-order valence-electron chi connectivity index (χ2n) is 4.37. The minimum absolute atomic E-state index is 0.181. The maximum Gasteiger partial charge on any atom is 0.165 e. The van der Waals surface area contributed by atoms with Gasteiger partial charge in [-0.2, -0.15) is 0 Å². The van der Waals surface area contributed by atoms with Gasteiger partial charge in [-0.3, -0.25) is 4.79 Å². The van der Waals surface area contributed by atoms with Crippen LogP contribution in [0.4, 0.5) is 0 Å². The number of carbonyl (C=O) groups excluding carboxylic acids is 1. The molecule has 15 heavy (non-hydrogen) atoms. The lowest BCUT2D eigenvalue weighted by atomic mass is 9.93.